The van der Waals surface area contributed by atoms with E-state index in [4.69, 9.17) is 37.1 Å². The molecule has 0 saturated carbocycles. The quantitative estimate of drug-likeness (QED) is 0.492. The molecule has 1 unspecified atom stereocenters. The highest BCUT2D eigenvalue weighted by Crippen LogP contribution is 2.39. The Morgan fingerprint density at radius 2 is 2.00 bits per heavy atom. The molecule has 0 spiro atoms. The number of rotatable bonds is 8. The number of nitrogens with zero attached hydrogens (tertiary/aromatic N) is 3. The maximum Gasteiger partial charge on any atom is 0.262 e. The van der Waals surface area contributed by atoms with Gasteiger partial charge < -0.3 is 19.2 Å². The molecule has 1 amide bonds. The summed E-state index contributed by atoms with van der Waals surface area (Å²) in [5.41, 5.74) is 0.898. The minimum absolute atomic E-state index is 0.0157. The van der Waals surface area contributed by atoms with Crippen molar-refractivity contribution in [2.45, 2.75) is 32.3 Å². The normalized spacial score (nSPS) is 17.2. The van der Waals surface area contributed by atoms with Crippen molar-refractivity contribution >= 4 is 29.1 Å². The van der Waals surface area contributed by atoms with Crippen molar-refractivity contribution in [3.63, 3.8) is 0 Å². The Morgan fingerprint density at radius 3 is 2.73 bits per heavy atom. The van der Waals surface area contributed by atoms with Crippen LogP contribution in [0.3, 0.4) is 0 Å². The first-order chi connectivity index (χ1) is 15.7. The number of hydrogen-bond donors (Lipinski definition) is 1. The van der Waals surface area contributed by atoms with E-state index in [0.717, 1.165) is 6.07 Å². The molecule has 0 aliphatic heterocycles. The molecular formula is C22H19Cl2FN4O4. The van der Waals surface area contributed by atoms with Crippen LogP contribution >= 0.6 is 23.2 Å². The summed E-state index contributed by atoms with van der Waals surface area (Å²) in [5, 5.41) is 11.3. The second kappa shape index (κ2) is 9.36. The molecule has 172 valence electrons. The zero-order valence-electron chi connectivity index (χ0n) is 17.7. The van der Waals surface area contributed by atoms with E-state index in [-0.39, 0.29) is 29.9 Å². The Kier molecular flexibility index (Phi) is 6.53. The number of aromatic nitrogens is 3. The monoisotopic (exact) mass is 492 g/mol. The summed E-state index contributed by atoms with van der Waals surface area (Å²) < 4.78 is 30.0. The van der Waals surface area contributed by atoms with Crippen molar-refractivity contribution in [2.24, 2.45) is 0 Å². The number of halogens is 3. The molecule has 1 aliphatic rings. The van der Waals surface area contributed by atoms with Crippen LogP contribution in [0.4, 0.5) is 4.39 Å². The molecule has 4 rings (SSSR count). The highest BCUT2D eigenvalue weighted by atomic mass is 35.5. The molecule has 2 aromatic heterocycles. The molecule has 1 aliphatic carbocycles. The van der Waals surface area contributed by atoms with Gasteiger partial charge in [-0.25, -0.2) is 4.39 Å². The van der Waals surface area contributed by atoms with Gasteiger partial charge in [0.2, 0.25) is 5.89 Å². The van der Waals surface area contributed by atoms with Gasteiger partial charge in [0.1, 0.15) is 17.3 Å². The molecule has 1 aromatic carbocycles. The van der Waals surface area contributed by atoms with Crippen molar-refractivity contribution in [1.29, 1.82) is 0 Å². The lowest BCUT2D eigenvalue weighted by Gasteiger charge is -2.33. The van der Waals surface area contributed by atoms with E-state index in [1.165, 1.54) is 12.1 Å². The number of aryl methyl sites for hydroxylation is 1. The zero-order chi connectivity index (χ0) is 23.6. The fourth-order valence-corrected chi connectivity index (χ4v) is 3.43. The topological polar surface area (TPSA) is 99.4 Å². The highest BCUT2D eigenvalue weighted by molar-refractivity contribution is 6.31. The van der Waals surface area contributed by atoms with Crippen LogP contribution in [0, 0.1) is 12.7 Å². The minimum Gasteiger partial charge on any atom is -0.484 e. The van der Waals surface area contributed by atoms with E-state index in [1.807, 2.05) is 13.0 Å². The van der Waals surface area contributed by atoms with Gasteiger partial charge >= 0.3 is 0 Å². The Morgan fingerprint density at radius 1 is 1.21 bits per heavy atom. The number of pyridine rings is 1. The largest absolute Gasteiger partial charge is 0.484 e. The summed E-state index contributed by atoms with van der Waals surface area (Å²) in [6.07, 6.45) is 3.89. The van der Waals surface area contributed by atoms with Crippen LogP contribution in [0.2, 0.25) is 10.0 Å². The fraction of sp³-hybridized carbons (Fsp3) is 0.273. The van der Waals surface area contributed by atoms with Crippen LogP contribution in [0.15, 0.2) is 46.7 Å². The average Bonchev–Trinajstić information content (AvgIpc) is 3.24. The molecule has 8 nitrogen and oxygen atoms in total. The number of amides is 1. The molecule has 0 fully saturated rings. The summed E-state index contributed by atoms with van der Waals surface area (Å²) in [7, 11) is 0. The molecule has 11 heteroatoms. The van der Waals surface area contributed by atoms with E-state index >= 15 is 0 Å². The Balaban J connectivity index is 1.28. The third-order valence-electron chi connectivity index (χ3n) is 4.93. The molecule has 33 heavy (non-hydrogen) atoms. The van der Waals surface area contributed by atoms with E-state index in [9.17, 15) is 9.18 Å². The number of carbonyl (C=O) groups excluding carboxylic acids is 1. The summed E-state index contributed by atoms with van der Waals surface area (Å²) in [4.78, 5) is 16.2. The van der Waals surface area contributed by atoms with Crippen LogP contribution in [0.5, 0.6) is 11.5 Å². The van der Waals surface area contributed by atoms with Crippen molar-refractivity contribution in [3.8, 4) is 11.5 Å². The van der Waals surface area contributed by atoms with Gasteiger partial charge in [-0.3, -0.25) is 9.78 Å². The summed E-state index contributed by atoms with van der Waals surface area (Å²) in [6, 6.07) is 5.63. The van der Waals surface area contributed by atoms with E-state index in [2.05, 4.69) is 20.5 Å². The third-order valence-corrected chi connectivity index (χ3v) is 5.62. The first-order valence-electron chi connectivity index (χ1n) is 9.89. The lowest BCUT2D eigenvalue weighted by atomic mass is 9.75. The molecule has 0 saturated heterocycles. The first-order valence-corrected chi connectivity index (χ1v) is 10.6. The highest BCUT2D eigenvalue weighted by Gasteiger charge is 2.39. The predicted octanol–water partition coefficient (Wildman–Crippen LogP) is 4.54. The average molecular weight is 493 g/mol. The van der Waals surface area contributed by atoms with Crippen LogP contribution in [0.25, 0.3) is 0 Å². The maximum atomic E-state index is 13.4. The Labute approximate surface area is 198 Å². The molecule has 1 atom stereocenters. The van der Waals surface area contributed by atoms with Crippen molar-refractivity contribution in [1.82, 2.24) is 20.5 Å². The van der Waals surface area contributed by atoms with Crippen LogP contribution < -0.4 is 14.8 Å². The Hall–Kier alpha value is -3.17. The van der Waals surface area contributed by atoms with Gasteiger partial charge in [-0.15, -0.1) is 10.2 Å². The summed E-state index contributed by atoms with van der Waals surface area (Å²) >= 11 is 11.7. The number of nitrogens with one attached hydrogen (secondary N) is 1. The van der Waals surface area contributed by atoms with E-state index in [0.29, 0.717) is 40.4 Å². The first kappa shape index (κ1) is 23.0. The smallest absolute Gasteiger partial charge is 0.262 e. The molecule has 1 N–H and O–H groups in total. The Bertz CT molecular complexity index is 1230. The van der Waals surface area contributed by atoms with Gasteiger partial charge in [-0.1, -0.05) is 23.2 Å². The SMILES string of the molecule is Cc1ncc(OCc2nnc(C3(C)C=C(NC(=O)COc4ccc(Cl)c(F)c4)C3)o2)cc1Cl. The number of hydrogen-bond acceptors (Lipinski definition) is 7. The van der Waals surface area contributed by atoms with Crippen molar-refractivity contribution < 1.29 is 23.1 Å². The molecule has 0 bridgehead atoms. The van der Waals surface area contributed by atoms with E-state index < -0.39 is 11.2 Å². The van der Waals surface area contributed by atoms with Gasteiger partial charge in [0.15, 0.2) is 13.2 Å². The summed E-state index contributed by atoms with van der Waals surface area (Å²) in [5.74, 6) is 0.432. The predicted molar refractivity (Wildman–Crippen MR) is 118 cm³/mol. The van der Waals surface area contributed by atoms with Gasteiger partial charge in [-0.2, -0.15) is 0 Å². The van der Waals surface area contributed by atoms with Crippen LogP contribution in [0.1, 0.15) is 30.8 Å². The standard InChI is InChI=1S/C22H19Cl2FN4O4/c1-12-17(24)5-15(9-26-12)32-11-20-28-29-21(33-20)22(2)7-13(8-22)27-19(30)10-31-14-3-4-16(23)18(25)6-14/h3-7,9H,8,10-11H2,1-2H3,(H,27,30). The minimum atomic E-state index is -0.615. The lowest BCUT2D eigenvalue weighted by molar-refractivity contribution is -0.122. The number of allylic oxidation sites excluding steroid dienone is 2. The number of carbonyl (C=O) groups is 1. The molecule has 3 aromatic rings. The lowest BCUT2D eigenvalue weighted by Crippen LogP contribution is -2.39. The zero-order valence-corrected chi connectivity index (χ0v) is 19.2. The van der Waals surface area contributed by atoms with Crippen LogP contribution in [-0.2, 0) is 16.8 Å². The van der Waals surface area contributed by atoms with Gasteiger partial charge in [0.25, 0.3) is 11.8 Å². The second-order valence-corrected chi connectivity index (χ2v) is 8.52. The fourth-order valence-electron chi connectivity index (χ4n) is 3.15. The van der Waals surface area contributed by atoms with Crippen molar-refractivity contribution in [2.75, 3.05) is 6.61 Å². The third kappa shape index (κ3) is 5.43. The molecule has 0 radical (unpaired) electrons. The van der Waals surface area contributed by atoms with Crippen molar-refractivity contribution in [3.05, 3.63) is 75.6 Å². The molecule has 2 heterocycles. The maximum absolute atomic E-state index is 13.4. The van der Waals surface area contributed by atoms with Gasteiger partial charge in [0, 0.05) is 24.3 Å². The number of ether oxygens (including phenoxy) is 2. The number of benzene rings is 1. The summed E-state index contributed by atoms with van der Waals surface area (Å²) in [6.45, 7) is 3.51. The van der Waals surface area contributed by atoms with Gasteiger partial charge in [-0.05, 0) is 32.1 Å². The van der Waals surface area contributed by atoms with Crippen LogP contribution in [-0.4, -0.2) is 27.7 Å². The van der Waals surface area contributed by atoms with Gasteiger partial charge in [0.05, 0.1) is 27.4 Å². The molecular weight excluding hydrogens is 474 g/mol. The van der Waals surface area contributed by atoms with E-state index in [1.54, 1.807) is 19.2 Å². The second-order valence-electron chi connectivity index (χ2n) is 7.70.